The fourth-order valence-corrected chi connectivity index (χ4v) is 4.63. The first-order chi connectivity index (χ1) is 12.9. The molecule has 0 radical (unpaired) electrons. The average molecular weight is 369 g/mol. The summed E-state index contributed by atoms with van der Waals surface area (Å²) in [5.74, 6) is 0.0000923. The van der Waals surface area contributed by atoms with Crippen molar-refractivity contribution < 1.29 is 9.18 Å². The summed E-state index contributed by atoms with van der Waals surface area (Å²) in [5, 5.41) is 0. The number of halogens is 1. The molecule has 1 amide bonds. The van der Waals surface area contributed by atoms with Gasteiger partial charge in [-0.1, -0.05) is 18.2 Å². The molecule has 6 heteroatoms. The number of fused-ring (bicyclic) bond motifs is 4. The number of nitrogens with zero attached hydrogens (tertiary/aromatic N) is 3. The number of benzene rings is 1. The van der Waals surface area contributed by atoms with Gasteiger partial charge in [0.1, 0.15) is 11.9 Å². The SMILES string of the molecule is CN(C)C(=O)[C@H]1[C@H]2C[C@H](CN(Cc3cccc(F)c3)C2)c2cccc(=O)n21. The van der Waals surface area contributed by atoms with Gasteiger partial charge in [-0.3, -0.25) is 19.1 Å². The summed E-state index contributed by atoms with van der Waals surface area (Å²) in [7, 11) is 3.46. The molecular formula is C21H24FN3O2. The zero-order valence-electron chi connectivity index (χ0n) is 15.6. The lowest BCUT2D eigenvalue weighted by Crippen LogP contribution is -2.52. The van der Waals surface area contributed by atoms with Crippen molar-refractivity contribution in [3.8, 4) is 0 Å². The minimum Gasteiger partial charge on any atom is -0.347 e. The number of carbonyl (C=O) groups excluding carboxylic acids is 1. The Labute approximate surface area is 158 Å². The van der Waals surface area contributed by atoms with Crippen LogP contribution in [0.4, 0.5) is 4.39 Å². The van der Waals surface area contributed by atoms with Gasteiger partial charge in [0, 0.05) is 57.3 Å². The van der Waals surface area contributed by atoms with Gasteiger partial charge in [-0.05, 0) is 30.2 Å². The van der Waals surface area contributed by atoms with Crippen molar-refractivity contribution in [3.05, 3.63) is 69.9 Å². The summed E-state index contributed by atoms with van der Waals surface area (Å²) < 4.78 is 15.3. The lowest BCUT2D eigenvalue weighted by molar-refractivity contribution is -0.135. The molecule has 1 aromatic carbocycles. The standard InChI is InChI=1S/C21H24FN3O2/c1-23(2)21(27)20-16-10-15(18-7-4-8-19(26)25(18)20)12-24(13-16)11-14-5-3-6-17(22)9-14/h3-9,15-16,20H,10-13H2,1-2H3/t15-,16+,20-/m1/s1. The van der Waals surface area contributed by atoms with Crippen LogP contribution in [0.2, 0.25) is 0 Å². The number of amides is 1. The van der Waals surface area contributed by atoms with Gasteiger partial charge in [0.15, 0.2) is 0 Å². The molecule has 1 fully saturated rings. The minimum atomic E-state index is -0.477. The Hall–Kier alpha value is -2.47. The predicted octanol–water partition coefficient (Wildman–Crippen LogP) is 2.24. The molecule has 2 aliphatic heterocycles. The maximum atomic E-state index is 13.5. The van der Waals surface area contributed by atoms with Crippen molar-refractivity contribution in [2.45, 2.75) is 24.9 Å². The van der Waals surface area contributed by atoms with Gasteiger partial charge < -0.3 is 4.90 Å². The largest absolute Gasteiger partial charge is 0.347 e. The van der Waals surface area contributed by atoms with E-state index >= 15 is 0 Å². The first-order valence-corrected chi connectivity index (χ1v) is 9.33. The molecular weight excluding hydrogens is 345 g/mol. The van der Waals surface area contributed by atoms with Crippen LogP contribution >= 0.6 is 0 Å². The van der Waals surface area contributed by atoms with Gasteiger partial charge in [-0.25, -0.2) is 4.39 Å². The molecule has 0 unspecified atom stereocenters. The van der Waals surface area contributed by atoms with E-state index in [0.29, 0.717) is 6.54 Å². The number of rotatable bonds is 3. The van der Waals surface area contributed by atoms with Crippen molar-refractivity contribution in [1.29, 1.82) is 0 Å². The Balaban J connectivity index is 1.69. The monoisotopic (exact) mass is 369 g/mol. The van der Waals surface area contributed by atoms with Crippen molar-refractivity contribution >= 4 is 5.91 Å². The van der Waals surface area contributed by atoms with E-state index in [9.17, 15) is 14.0 Å². The fraction of sp³-hybridized carbons (Fsp3) is 0.429. The highest BCUT2D eigenvalue weighted by atomic mass is 19.1. The van der Waals surface area contributed by atoms with Gasteiger partial charge >= 0.3 is 0 Å². The lowest BCUT2D eigenvalue weighted by atomic mass is 9.78. The number of hydrogen-bond donors (Lipinski definition) is 0. The zero-order valence-corrected chi connectivity index (χ0v) is 15.6. The minimum absolute atomic E-state index is 0.0411. The van der Waals surface area contributed by atoms with Gasteiger partial charge in [-0.2, -0.15) is 0 Å². The van der Waals surface area contributed by atoms with Gasteiger partial charge in [0.25, 0.3) is 5.56 Å². The summed E-state index contributed by atoms with van der Waals surface area (Å²) in [6.07, 6.45) is 0.896. The third-order valence-corrected chi connectivity index (χ3v) is 5.71. The number of aromatic nitrogens is 1. The molecule has 2 aliphatic rings. The molecule has 1 aromatic heterocycles. The number of carbonyl (C=O) groups is 1. The second-order valence-corrected chi connectivity index (χ2v) is 7.85. The van der Waals surface area contributed by atoms with Gasteiger partial charge in [0.05, 0.1) is 0 Å². The van der Waals surface area contributed by atoms with Crippen molar-refractivity contribution in [1.82, 2.24) is 14.4 Å². The van der Waals surface area contributed by atoms with E-state index in [-0.39, 0.29) is 29.1 Å². The number of hydrogen-bond acceptors (Lipinski definition) is 3. The smallest absolute Gasteiger partial charge is 0.251 e. The van der Waals surface area contributed by atoms with E-state index in [2.05, 4.69) is 4.90 Å². The van der Waals surface area contributed by atoms with E-state index in [4.69, 9.17) is 0 Å². The molecule has 5 nitrogen and oxygen atoms in total. The molecule has 0 N–H and O–H groups in total. The molecule has 3 atom stereocenters. The molecule has 3 heterocycles. The second kappa shape index (κ2) is 6.93. The maximum Gasteiger partial charge on any atom is 0.251 e. The first kappa shape index (κ1) is 17.9. The Morgan fingerprint density at radius 2 is 1.96 bits per heavy atom. The van der Waals surface area contributed by atoms with Gasteiger partial charge in [0.2, 0.25) is 5.91 Å². The van der Waals surface area contributed by atoms with E-state index < -0.39 is 6.04 Å². The lowest BCUT2D eigenvalue weighted by Gasteiger charge is -2.46. The van der Waals surface area contributed by atoms with Crippen LogP contribution in [-0.2, 0) is 11.3 Å². The fourth-order valence-electron chi connectivity index (χ4n) is 4.63. The Bertz CT molecular complexity index is 924. The van der Waals surface area contributed by atoms with Crippen LogP contribution in [0.1, 0.15) is 29.6 Å². The summed E-state index contributed by atoms with van der Waals surface area (Å²) in [5.41, 5.74) is 1.75. The molecule has 0 spiro atoms. The molecule has 2 aromatic rings. The van der Waals surface area contributed by atoms with Crippen LogP contribution in [0, 0.1) is 11.7 Å². The second-order valence-electron chi connectivity index (χ2n) is 7.85. The topological polar surface area (TPSA) is 45.6 Å². The Morgan fingerprint density at radius 3 is 2.70 bits per heavy atom. The summed E-state index contributed by atoms with van der Waals surface area (Å²) >= 11 is 0. The molecule has 142 valence electrons. The summed E-state index contributed by atoms with van der Waals surface area (Å²) in [4.78, 5) is 29.4. The van der Waals surface area contributed by atoms with Gasteiger partial charge in [-0.15, -0.1) is 0 Å². The van der Waals surface area contributed by atoms with E-state index in [1.807, 2.05) is 12.1 Å². The molecule has 0 saturated carbocycles. The van der Waals surface area contributed by atoms with Crippen molar-refractivity contribution in [3.63, 3.8) is 0 Å². The number of pyridine rings is 1. The van der Waals surface area contributed by atoms with Crippen LogP contribution < -0.4 is 5.56 Å². The Kier molecular flexibility index (Phi) is 4.60. The highest BCUT2D eigenvalue weighted by molar-refractivity contribution is 5.80. The molecule has 27 heavy (non-hydrogen) atoms. The van der Waals surface area contributed by atoms with Crippen LogP contribution in [0.3, 0.4) is 0 Å². The van der Waals surface area contributed by atoms with Crippen molar-refractivity contribution in [2.24, 2.45) is 5.92 Å². The highest BCUT2D eigenvalue weighted by Gasteiger charge is 2.44. The van der Waals surface area contributed by atoms with Crippen LogP contribution in [0.15, 0.2) is 47.3 Å². The molecule has 0 aliphatic carbocycles. The quantitative estimate of drug-likeness (QED) is 0.834. The average Bonchev–Trinajstić information content (AvgIpc) is 2.62. The van der Waals surface area contributed by atoms with Crippen LogP contribution in [0.25, 0.3) is 0 Å². The highest BCUT2D eigenvalue weighted by Crippen LogP contribution is 2.41. The van der Waals surface area contributed by atoms with E-state index in [1.165, 1.54) is 12.1 Å². The number of likely N-dealkylation sites (N-methyl/N-ethyl adjacent to an activating group) is 1. The van der Waals surface area contributed by atoms with Crippen molar-refractivity contribution in [2.75, 3.05) is 27.2 Å². The van der Waals surface area contributed by atoms with E-state index in [0.717, 1.165) is 30.8 Å². The third kappa shape index (κ3) is 3.30. The third-order valence-electron chi connectivity index (χ3n) is 5.71. The normalized spacial score (nSPS) is 24.3. The Morgan fingerprint density at radius 1 is 1.19 bits per heavy atom. The van der Waals surface area contributed by atoms with E-state index in [1.54, 1.807) is 41.8 Å². The molecule has 4 rings (SSSR count). The number of likely N-dealkylation sites (tertiary alicyclic amines) is 1. The maximum absolute atomic E-state index is 13.5. The number of piperidine rings is 1. The first-order valence-electron chi connectivity index (χ1n) is 9.33. The van der Waals surface area contributed by atoms with Crippen LogP contribution in [0.5, 0.6) is 0 Å². The molecule has 1 saturated heterocycles. The van der Waals surface area contributed by atoms with Crippen LogP contribution in [-0.4, -0.2) is 47.5 Å². The predicted molar refractivity (Wildman–Crippen MR) is 101 cm³/mol. The zero-order chi connectivity index (χ0) is 19.1. The summed E-state index contributed by atoms with van der Waals surface area (Å²) in [6, 6.07) is 11.5. The molecule has 2 bridgehead atoms. The summed E-state index contributed by atoms with van der Waals surface area (Å²) in [6.45, 7) is 2.17.